The van der Waals surface area contributed by atoms with Gasteiger partial charge in [0.2, 0.25) is 5.95 Å². The predicted octanol–water partition coefficient (Wildman–Crippen LogP) is 3.73. The van der Waals surface area contributed by atoms with Gasteiger partial charge in [0.1, 0.15) is 11.6 Å². The van der Waals surface area contributed by atoms with Crippen molar-refractivity contribution in [2.24, 2.45) is 0 Å². The molecule has 2 aromatic carbocycles. The van der Waals surface area contributed by atoms with Crippen LogP contribution in [0.3, 0.4) is 0 Å². The minimum atomic E-state index is -0.240. The SMILES string of the molecule is Fc1ccc(CNc2nc(-c3ccccc3)cc(N3CCOCC3)n2)cc1. The molecule has 0 saturated carbocycles. The molecule has 5 nitrogen and oxygen atoms in total. The minimum Gasteiger partial charge on any atom is -0.378 e. The number of ether oxygens (including phenoxy) is 1. The molecular formula is C21H21FN4O. The number of anilines is 2. The van der Waals surface area contributed by atoms with Gasteiger partial charge in [0, 0.05) is 31.3 Å². The Bertz CT molecular complexity index is 880. The summed E-state index contributed by atoms with van der Waals surface area (Å²) in [5.41, 5.74) is 2.88. The molecule has 0 radical (unpaired) electrons. The molecule has 1 fully saturated rings. The smallest absolute Gasteiger partial charge is 0.225 e. The quantitative estimate of drug-likeness (QED) is 0.748. The van der Waals surface area contributed by atoms with Crippen molar-refractivity contribution in [1.29, 1.82) is 0 Å². The van der Waals surface area contributed by atoms with Crippen LogP contribution in [0.4, 0.5) is 16.2 Å². The predicted molar refractivity (Wildman–Crippen MR) is 104 cm³/mol. The van der Waals surface area contributed by atoms with E-state index in [1.807, 2.05) is 36.4 Å². The van der Waals surface area contributed by atoms with Gasteiger partial charge in [-0.2, -0.15) is 4.98 Å². The third kappa shape index (κ3) is 4.41. The Balaban J connectivity index is 1.61. The molecule has 1 N–H and O–H groups in total. The van der Waals surface area contributed by atoms with E-state index in [0.29, 0.717) is 25.7 Å². The molecule has 138 valence electrons. The van der Waals surface area contributed by atoms with Gasteiger partial charge in [-0.15, -0.1) is 0 Å². The van der Waals surface area contributed by atoms with Crippen molar-refractivity contribution in [3.05, 3.63) is 72.0 Å². The van der Waals surface area contributed by atoms with E-state index in [-0.39, 0.29) is 5.82 Å². The van der Waals surface area contributed by atoms with Crippen LogP contribution in [0, 0.1) is 5.82 Å². The van der Waals surface area contributed by atoms with Crippen molar-refractivity contribution in [2.45, 2.75) is 6.54 Å². The van der Waals surface area contributed by atoms with Gasteiger partial charge in [-0.3, -0.25) is 0 Å². The number of hydrogen-bond acceptors (Lipinski definition) is 5. The Hall–Kier alpha value is -2.99. The summed E-state index contributed by atoms with van der Waals surface area (Å²) in [6.45, 7) is 3.54. The van der Waals surface area contributed by atoms with Crippen molar-refractivity contribution < 1.29 is 9.13 Å². The van der Waals surface area contributed by atoms with Crippen LogP contribution >= 0.6 is 0 Å². The van der Waals surface area contributed by atoms with Gasteiger partial charge >= 0.3 is 0 Å². The molecule has 0 amide bonds. The average molecular weight is 364 g/mol. The molecule has 0 spiro atoms. The average Bonchev–Trinajstić information content (AvgIpc) is 2.74. The Kier molecular flexibility index (Phi) is 5.25. The number of hydrogen-bond donors (Lipinski definition) is 1. The first-order valence-electron chi connectivity index (χ1n) is 9.03. The molecule has 1 aliphatic heterocycles. The Morgan fingerprint density at radius 1 is 0.963 bits per heavy atom. The topological polar surface area (TPSA) is 50.3 Å². The zero-order chi connectivity index (χ0) is 18.5. The second-order valence-corrected chi connectivity index (χ2v) is 6.38. The van der Waals surface area contributed by atoms with Gasteiger partial charge in [0.05, 0.1) is 18.9 Å². The number of halogens is 1. The molecule has 1 saturated heterocycles. The molecule has 2 heterocycles. The second-order valence-electron chi connectivity index (χ2n) is 6.38. The second kappa shape index (κ2) is 8.14. The number of nitrogens with zero attached hydrogens (tertiary/aromatic N) is 3. The van der Waals surface area contributed by atoms with Crippen LogP contribution in [0.2, 0.25) is 0 Å². The zero-order valence-corrected chi connectivity index (χ0v) is 14.9. The van der Waals surface area contributed by atoms with Crippen LogP contribution in [0.25, 0.3) is 11.3 Å². The number of aromatic nitrogens is 2. The molecule has 0 bridgehead atoms. The molecule has 4 rings (SSSR count). The standard InChI is InChI=1S/C21H21FN4O/c22-18-8-6-16(7-9-18)15-23-21-24-19(17-4-2-1-3-5-17)14-20(25-21)26-10-12-27-13-11-26/h1-9,14H,10-13,15H2,(H,23,24,25). The van der Waals surface area contributed by atoms with Gasteiger partial charge in [-0.25, -0.2) is 9.37 Å². The maximum atomic E-state index is 13.1. The van der Waals surface area contributed by atoms with Gasteiger partial charge in [0.25, 0.3) is 0 Å². The third-order valence-electron chi connectivity index (χ3n) is 4.48. The molecule has 0 aliphatic carbocycles. The van der Waals surface area contributed by atoms with Gasteiger partial charge in [0.15, 0.2) is 0 Å². The fraction of sp³-hybridized carbons (Fsp3) is 0.238. The summed E-state index contributed by atoms with van der Waals surface area (Å²) in [6, 6.07) is 18.5. The molecule has 1 aliphatic rings. The number of rotatable bonds is 5. The Morgan fingerprint density at radius 2 is 1.70 bits per heavy atom. The highest BCUT2D eigenvalue weighted by atomic mass is 19.1. The highest BCUT2D eigenvalue weighted by Crippen LogP contribution is 2.24. The van der Waals surface area contributed by atoms with E-state index in [1.54, 1.807) is 12.1 Å². The lowest BCUT2D eigenvalue weighted by molar-refractivity contribution is 0.122. The maximum Gasteiger partial charge on any atom is 0.225 e. The maximum absolute atomic E-state index is 13.1. The van der Waals surface area contributed by atoms with E-state index in [4.69, 9.17) is 4.74 Å². The highest BCUT2D eigenvalue weighted by molar-refractivity contribution is 5.64. The lowest BCUT2D eigenvalue weighted by atomic mass is 10.1. The molecule has 3 aromatic rings. The molecule has 0 atom stereocenters. The van der Waals surface area contributed by atoms with Gasteiger partial charge in [-0.1, -0.05) is 42.5 Å². The summed E-state index contributed by atoms with van der Waals surface area (Å²) in [5, 5.41) is 3.27. The molecule has 1 aromatic heterocycles. The summed E-state index contributed by atoms with van der Waals surface area (Å²) in [4.78, 5) is 11.6. The molecule has 27 heavy (non-hydrogen) atoms. The van der Waals surface area contributed by atoms with E-state index in [9.17, 15) is 4.39 Å². The van der Waals surface area contributed by atoms with E-state index in [2.05, 4.69) is 20.2 Å². The molecule has 0 unspecified atom stereocenters. The van der Waals surface area contributed by atoms with E-state index >= 15 is 0 Å². The first-order chi connectivity index (χ1) is 13.3. The lowest BCUT2D eigenvalue weighted by Gasteiger charge is -2.28. The van der Waals surface area contributed by atoms with Crippen molar-refractivity contribution in [3.63, 3.8) is 0 Å². The van der Waals surface area contributed by atoms with Crippen LogP contribution in [0.15, 0.2) is 60.7 Å². The van der Waals surface area contributed by atoms with Crippen LogP contribution < -0.4 is 10.2 Å². The first kappa shape index (κ1) is 17.4. The Labute approximate surface area is 157 Å². The van der Waals surface area contributed by atoms with Crippen molar-refractivity contribution in [2.75, 3.05) is 36.5 Å². The Morgan fingerprint density at radius 3 is 2.44 bits per heavy atom. The third-order valence-corrected chi connectivity index (χ3v) is 4.48. The number of morpholine rings is 1. The highest BCUT2D eigenvalue weighted by Gasteiger charge is 2.15. The summed E-state index contributed by atoms with van der Waals surface area (Å²) < 4.78 is 18.5. The summed E-state index contributed by atoms with van der Waals surface area (Å²) in [6.07, 6.45) is 0. The van der Waals surface area contributed by atoms with Crippen LogP contribution in [-0.4, -0.2) is 36.3 Å². The van der Waals surface area contributed by atoms with E-state index < -0.39 is 0 Å². The van der Waals surface area contributed by atoms with Gasteiger partial charge < -0.3 is 15.0 Å². The number of benzene rings is 2. The van der Waals surface area contributed by atoms with Gasteiger partial charge in [-0.05, 0) is 17.7 Å². The zero-order valence-electron chi connectivity index (χ0n) is 14.9. The first-order valence-corrected chi connectivity index (χ1v) is 9.03. The van der Waals surface area contributed by atoms with E-state index in [1.165, 1.54) is 12.1 Å². The monoisotopic (exact) mass is 364 g/mol. The largest absolute Gasteiger partial charge is 0.378 e. The van der Waals surface area contributed by atoms with Crippen LogP contribution in [-0.2, 0) is 11.3 Å². The van der Waals surface area contributed by atoms with Crippen molar-refractivity contribution in [3.8, 4) is 11.3 Å². The fourth-order valence-electron chi connectivity index (χ4n) is 3.01. The summed E-state index contributed by atoms with van der Waals surface area (Å²) in [5.74, 6) is 1.20. The van der Waals surface area contributed by atoms with Crippen LogP contribution in [0.5, 0.6) is 0 Å². The normalized spacial score (nSPS) is 14.2. The van der Waals surface area contributed by atoms with Crippen molar-refractivity contribution >= 4 is 11.8 Å². The summed E-state index contributed by atoms with van der Waals surface area (Å²) in [7, 11) is 0. The summed E-state index contributed by atoms with van der Waals surface area (Å²) >= 11 is 0. The van der Waals surface area contributed by atoms with Crippen LogP contribution in [0.1, 0.15) is 5.56 Å². The minimum absolute atomic E-state index is 0.240. The lowest BCUT2D eigenvalue weighted by Crippen LogP contribution is -2.36. The molecule has 6 heteroatoms. The number of nitrogens with one attached hydrogen (secondary N) is 1. The van der Waals surface area contributed by atoms with Crippen molar-refractivity contribution in [1.82, 2.24) is 9.97 Å². The van der Waals surface area contributed by atoms with E-state index in [0.717, 1.165) is 35.7 Å². The fourth-order valence-corrected chi connectivity index (χ4v) is 3.01. The molecular weight excluding hydrogens is 343 g/mol.